The number of aromatic nitrogens is 2. The van der Waals surface area contributed by atoms with Crippen molar-refractivity contribution < 1.29 is 17.7 Å². The van der Waals surface area contributed by atoms with Gasteiger partial charge in [-0.05, 0) is 24.0 Å². The number of piperidine rings is 1. The van der Waals surface area contributed by atoms with E-state index in [-0.39, 0.29) is 5.75 Å². The highest BCUT2D eigenvalue weighted by molar-refractivity contribution is 7.88. The van der Waals surface area contributed by atoms with Gasteiger partial charge in [-0.15, -0.1) is 0 Å². The predicted molar refractivity (Wildman–Crippen MR) is 116 cm³/mol. The summed E-state index contributed by atoms with van der Waals surface area (Å²) < 4.78 is 38.9. The van der Waals surface area contributed by atoms with Crippen LogP contribution in [0.4, 0.5) is 0 Å². The third-order valence-corrected chi connectivity index (χ3v) is 7.20. The van der Waals surface area contributed by atoms with Crippen LogP contribution in [0.25, 0.3) is 0 Å². The van der Waals surface area contributed by atoms with Gasteiger partial charge in [0.25, 0.3) is 0 Å². The molecule has 0 N–H and O–H groups in total. The number of benzene rings is 2. The fraction of sp³-hybridized carbons (Fsp3) is 0.391. The van der Waals surface area contributed by atoms with Gasteiger partial charge >= 0.3 is 0 Å². The Labute approximate surface area is 183 Å². The lowest BCUT2D eigenvalue weighted by Crippen LogP contribution is -2.39. The van der Waals surface area contributed by atoms with Crippen LogP contribution in [0.5, 0.6) is 0 Å². The summed E-state index contributed by atoms with van der Waals surface area (Å²) in [5.41, 5.74) is 1.88. The van der Waals surface area contributed by atoms with Gasteiger partial charge in [0.15, 0.2) is 5.82 Å². The Morgan fingerprint density at radius 1 is 1.00 bits per heavy atom. The second-order valence-corrected chi connectivity index (χ2v) is 9.62. The highest BCUT2D eigenvalue weighted by Crippen LogP contribution is 2.33. The summed E-state index contributed by atoms with van der Waals surface area (Å²) in [6, 6.07) is 18.8. The Bertz CT molecular complexity index is 1050. The van der Waals surface area contributed by atoms with Crippen LogP contribution >= 0.6 is 0 Å². The summed E-state index contributed by atoms with van der Waals surface area (Å²) in [7, 11) is -3.50. The quantitative estimate of drug-likeness (QED) is 0.469. The molecule has 1 aliphatic rings. The molecule has 0 radical (unpaired) electrons. The molecule has 1 fully saturated rings. The highest BCUT2D eigenvalue weighted by atomic mass is 32.2. The van der Waals surface area contributed by atoms with Crippen LogP contribution in [-0.4, -0.2) is 36.0 Å². The van der Waals surface area contributed by atoms with Crippen LogP contribution in [0.3, 0.4) is 0 Å². The molecule has 2 heterocycles. The van der Waals surface area contributed by atoms with Crippen LogP contribution in [0.15, 0.2) is 65.2 Å². The van der Waals surface area contributed by atoms with E-state index in [2.05, 4.69) is 10.1 Å². The zero-order valence-corrected chi connectivity index (χ0v) is 18.2. The van der Waals surface area contributed by atoms with Crippen molar-refractivity contribution in [1.29, 1.82) is 0 Å². The number of ether oxygens (including phenoxy) is 1. The molecule has 1 saturated heterocycles. The van der Waals surface area contributed by atoms with Gasteiger partial charge in [0.1, 0.15) is 6.04 Å². The van der Waals surface area contributed by atoms with E-state index in [1.165, 1.54) is 4.31 Å². The fourth-order valence-electron chi connectivity index (χ4n) is 3.78. The van der Waals surface area contributed by atoms with Gasteiger partial charge < -0.3 is 9.26 Å². The van der Waals surface area contributed by atoms with Crippen LogP contribution in [-0.2, 0) is 33.5 Å². The molecule has 0 bridgehead atoms. The molecule has 1 atom stereocenters. The van der Waals surface area contributed by atoms with Gasteiger partial charge in [0.2, 0.25) is 15.9 Å². The third kappa shape index (κ3) is 5.78. The number of hydrogen-bond acceptors (Lipinski definition) is 6. The van der Waals surface area contributed by atoms with Crippen molar-refractivity contribution in [3.63, 3.8) is 0 Å². The van der Waals surface area contributed by atoms with Crippen molar-refractivity contribution in [3.8, 4) is 0 Å². The van der Waals surface area contributed by atoms with E-state index in [1.54, 1.807) is 0 Å². The molecule has 0 spiro atoms. The van der Waals surface area contributed by atoms with Gasteiger partial charge in [-0.2, -0.15) is 9.29 Å². The summed E-state index contributed by atoms with van der Waals surface area (Å²) in [5, 5.41) is 4.05. The first-order valence-electron chi connectivity index (χ1n) is 10.6. The van der Waals surface area contributed by atoms with Crippen LogP contribution in [0.2, 0.25) is 0 Å². The van der Waals surface area contributed by atoms with Crippen molar-refractivity contribution in [2.75, 3.05) is 13.2 Å². The Morgan fingerprint density at radius 2 is 1.71 bits per heavy atom. The molecule has 1 unspecified atom stereocenters. The lowest BCUT2D eigenvalue weighted by atomic mass is 10.1. The lowest BCUT2D eigenvalue weighted by Gasteiger charge is -2.32. The first-order valence-corrected chi connectivity index (χ1v) is 12.2. The first kappa shape index (κ1) is 21.7. The molecule has 164 valence electrons. The molecular weight excluding hydrogens is 414 g/mol. The smallest absolute Gasteiger partial charge is 0.245 e. The molecule has 0 saturated carbocycles. The Hall–Kier alpha value is -2.55. The highest BCUT2D eigenvalue weighted by Gasteiger charge is 2.36. The van der Waals surface area contributed by atoms with E-state index in [0.717, 1.165) is 24.0 Å². The van der Waals surface area contributed by atoms with Gasteiger partial charge in [-0.25, -0.2) is 8.42 Å². The summed E-state index contributed by atoms with van der Waals surface area (Å²) >= 11 is 0. The molecule has 8 heteroatoms. The first-order chi connectivity index (χ1) is 15.1. The van der Waals surface area contributed by atoms with Crippen LogP contribution < -0.4 is 0 Å². The SMILES string of the molecule is O=S(=O)(Cc1ccccc1)N1CCCCC1c1nc(CCOCc2ccccc2)no1. The van der Waals surface area contributed by atoms with Crippen LogP contribution in [0.1, 0.15) is 48.1 Å². The summed E-state index contributed by atoms with van der Waals surface area (Å²) in [4.78, 5) is 4.49. The van der Waals surface area contributed by atoms with Gasteiger partial charge in [-0.3, -0.25) is 0 Å². The van der Waals surface area contributed by atoms with Crippen LogP contribution in [0, 0.1) is 0 Å². The predicted octanol–water partition coefficient (Wildman–Crippen LogP) is 3.89. The second-order valence-electron chi connectivity index (χ2n) is 7.70. The molecule has 1 aliphatic heterocycles. The van der Waals surface area contributed by atoms with E-state index >= 15 is 0 Å². The maximum Gasteiger partial charge on any atom is 0.245 e. The normalized spacial score (nSPS) is 17.6. The molecule has 2 aromatic carbocycles. The standard InChI is InChI=1S/C23H27N3O4S/c27-31(28,18-20-11-5-2-6-12-20)26-15-8-7-13-21(26)23-24-22(25-30-23)14-16-29-17-19-9-3-1-4-10-19/h1-6,9-12,21H,7-8,13-18H2. The number of nitrogens with zero attached hydrogens (tertiary/aromatic N) is 3. The summed E-state index contributed by atoms with van der Waals surface area (Å²) in [5.74, 6) is 0.877. The summed E-state index contributed by atoms with van der Waals surface area (Å²) in [6.07, 6.45) is 2.96. The zero-order chi connectivity index (χ0) is 21.5. The van der Waals surface area contributed by atoms with Gasteiger partial charge in [0, 0.05) is 13.0 Å². The van der Waals surface area contributed by atoms with E-state index in [4.69, 9.17) is 9.26 Å². The average molecular weight is 442 g/mol. The summed E-state index contributed by atoms with van der Waals surface area (Å²) in [6.45, 7) is 1.46. The fourth-order valence-corrected chi connectivity index (χ4v) is 5.55. The van der Waals surface area contributed by atoms with Crippen molar-refractivity contribution in [3.05, 3.63) is 83.5 Å². The average Bonchev–Trinajstić information content (AvgIpc) is 3.27. The van der Waals surface area contributed by atoms with Gasteiger partial charge in [-0.1, -0.05) is 72.2 Å². The molecule has 0 amide bonds. The zero-order valence-electron chi connectivity index (χ0n) is 17.4. The minimum atomic E-state index is -3.50. The topological polar surface area (TPSA) is 85.5 Å². The third-order valence-electron chi connectivity index (χ3n) is 5.35. The van der Waals surface area contributed by atoms with Crippen molar-refractivity contribution in [1.82, 2.24) is 14.4 Å². The molecule has 0 aliphatic carbocycles. The Kier molecular flexibility index (Phi) is 7.11. The molecule has 4 rings (SSSR count). The number of rotatable bonds is 9. The largest absolute Gasteiger partial charge is 0.376 e. The van der Waals surface area contributed by atoms with Crippen molar-refractivity contribution in [2.24, 2.45) is 0 Å². The molecule has 1 aromatic heterocycles. The molecule has 3 aromatic rings. The minimum absolute atomic E-state index is 0.0291. The Balaban J connectivity index is 1.37. The minimum Gasteiger partial charge on any atom is -0.376 e. The number of sulfonamides is 1. The lowest BCUT2D eigenvalue weighted by molar-refractivity contribution is 0.122. The van der Waals surface area contributed by atoms with E-state index < -0.39 is 16.1 Å². The second kappa shape index (κ2) is 10.2. The molecule has 7 nitrogen and oxygen atoms in total. The Morgan fingerprint density at radius 3 is 2.45 bits per heavy atom. The number of hydrogen-bond donors (Lipinski definition) is 0. The van der Waals surface area contributed by atoms with Gasteiger partial charge in [0.05, 0.1) is 19.0 Å². The maximum atomic E-state index is 13.1. The monoisotopic (exact) mass is 441 g/mol. The van der Waals surface area contributed by atoms with E-state index in [9.17, 15) is 8.42 Å². The molecular formula is C23H27N3O4S. The van der Waals surface area contributed by atoms with Crippen molar-refractivity contribution >= 4 is 10.0 Å². The maximum absolute atomic E-state index is 13.1. The van der Waals surface area contributed by atoms with E-state index in [0.29, 0.717) is 44.3 Å². The van der Waals surface area contributed by atoms with Crippen molar-refractivity contribution in [2.45, 2.75) is 44.1 Å². The molecule has 31 heavy (non-hydrogen) atoms. The van der Waals surface area contributed by atoms with E-state index in [1.807, 2.05) is 60.7 Å².